The zero-order valence-corrected chi connectivity index (χ0v) is 13.4. The van der Waals surface area contributed by atoms with Crippen LogP contribution in [0.4, 0.5) is 5.69 Å². The molecule has 0 N–H and O–H groups in total. The Morgan fingerprint density at radius 3 is 3.05 bits per heavy atom. The maximum absolute atomic E-state index is 12.2. The van der Waals surface area contributed by atoms with E-state index in [0.717, 1.165) is 16.6 Å². The lowest BCUT2D eigenvalue weighted by atomic mass is 10.2. The summed E-state index contributed by atoms with van der Waals surface area (Å²) in [6.45, 7) is 3.85. The van der Waals surface area contributed by atoms with Crippen molar-refractivity contribution in [1.29, 1.82) is 0 Å². The van der Waals surface area contributed by atoms with Crippen LogP contribution in [0.1, 0.15) is 5.69 Å². The molecule has 0 unspecified atom stereocenters. The normalized spacial score (nSPS) is 10.8. The first-order valence-electron chi connectivity index (χ1n) is 6.54. The molecule has 5 nitrogen and oxygen atoms in total. The van der Waals surface area contributed by atoms with E-state index in [1.165, 1.54) is 17.6 Å². The van der Waals surface area contributed by atoms with Crippen molar-refractivity contribution in [3.05, 3.63) is 53.1 Å². The molecule has 0 atom stereocenters. The van der Waals surface area contributed by atoms with Gasteiger partial charge in [-0.2, -0.15) is 9.47 Å². The Balaban J connectivity index is 2.00. The van der Waals surface area contributed by atoms with Crippen molar-refractivity contribution in [3.63, 3.8) is 0 Å². The molecule has 7 heteroatoms. The second kappa shape index (κ2) is 5.90. The number of carbonyl (C=O) groups is 1. The first kappa shape index (κ1) is 14.7. The van der Waals surface area contributed by atoms with Gasteiger partial charge in [-0.3, -0.25) is 9.48 Å². The van der Waals surface area contributed by atoms with Crippen LogP contribution in [0.15, 0.2) is 42.4 Å². The molecule has 0 aliphatic carbocycles. The molecule has 0 saturated carbocycles. The van der Waals surface area contributed by atoms with Crippen LogP contribution in [0.3, 0.4) is 0 Å². The molecule has 0 saturated heterocycles. The number of hydrogen-bond donors (Lipinski definition) is 0. The number of hydrogen-bond acceptors (Lipinski definition) is 4. The van der Waals surface area contributed by atoms with Crippen molar-refractivity contribution in [2.24, 2.45) is 7.05 Å². The smallest absolute Gasteiger partial charge is 0.250 e. The van der Waals surface area contributed by atoms with E-state index < -0.39 is 0 Å². The number of carbonyl (C=O) groups excluding carboxylic acids is 1. The molecule has 0 spiro atoms. The summed E-state index contributed by atoms with van der Waals surface area (Å²) in [5, 5.41) is 7.77. The van der Waals surface area contributed by atoms with Gasteiger partial charge in [0.2, 0.25) is 0 Å². The van der Waals surface area contributed by atoms with Gasteiger partial charge < -0.3 is 4.90 Å². The number of aromatic nitrogens is 3. The fraction of sp³-hybridized carbons (Fsp3) is 0.133. The molecule has 0 bridgehead atoms. The monoisotopic (exact) mass is 332 g/mol. The lowest BCUT2D eigenvalue weighted by Gasteiger charge is -2.20. The average Bonchev–Trinajstić information content (AvgIpc) is 3.09. The molecule has 2 heterocycles. The number of anilines is 1. The van der Waals surface area contributed by atoms with E-state index >= 15 is 0 Å². The lowest BCUT2D eigenvalue weighted by molar-refractivity contribution is -0.114. The molecule has 0 radical (unpaired) electrons. The second-order valence-corrected chi connectivity index (χ2v) is 5.82. The zero-order valence-electron chi connectivity index (χ0n) is 11.9. The van der Waals surface area contributed by atoms with Gasteiger partial charge in [0.1, 0.15) is 5.69 Å². The SMILES string of the molecule is C=CC(=O)N(Cc1nn(C)cc1Cl)c1ccc2nscc2c1. The van der Waals surface area contributed by atoms with Gasteiger partial charge in [0.25, 0.3) is 5.91 Å². The number of rotatable bonds is 4. The third-order valence-corrected chi connectivity index (χ3v) is 4.23. The van der Waals surface area contributed by atoms with Gasteiger partial charge in [-0.15, -0.1) is 0 Å². The number of fused-ring (bicyclic) bond motifs is 1. The Morgan fingerprint density at radius 1 is 1.55 bits per heavy atom. The van der Waals surface area contributed by atoms with E-state index in [9.17, 15) is 4.79 Å². The maximum Gasteiger partial charge on any atom is 0.250 e. The van der Waals surface area contributed by atoms with E-state index in [2.05, 4.69) is 16.1 Å². The fourth-order valence-electron chi connectivity index (χ4n) is 2.20. The molecule has 3 rings (SSSR count). The minimum atomic E-state index is -0.204. The fourth-order valence-corrected chi connectivity index (χ4v) is 3.07. The number of nitrogens with zero attached hydrogens (tertiary/aromatic N) is 4. The first-order chi connectivity index (χ1) is 10.6. The van der Waals surface area contributed by atoms with Gasteiger partial charge in [-0.1, -0.05) is 18.2 Å². The summed E-state index contributed by atoms with van der Waals surface area (Å²) in [7, 11) is 1.79. The van der Waals surface area contributed by atoms with E-state index in [1.807, 2.05) is 23.6 Å². The predicted octanol–water partition coefficient (Wildman–Crippen LogP) is 3.40. The minimum Gasteiger partial charge on any atom is -0.303 e. The Kier molecular flexibility index (Phi) is 3.96. The number of aryl methyl sites for hydroxylation is 1. The van der Waals surface area contributed by atoms with Crippen LogP contribution in [-0.2, 0) is 18.4 Å². The van der Waals surface area contributed by atoms with Gasteiger partial charge in [0.15, 0.2) is 0 Å². The van der Waals surface area contributed by atoms with Crippen LogP contribution in [0.25, 0.3) is 10.9 Å². The highest BCUT2D eigenvalue weighted by atomic mass is 35.5. The quantitative estimate of drug-likeness (QED) is 0.688. The van der Waals surface area contributed by atoms with E-state index in [1.54, 1.807) is 22.8 Å². The first-order valence-corrected chi connectivity index (χ1v) is 7.76. The topological polar surface area (TPSA) is 51.0 Å². The summed E-state index contributed by atoms with van der Waals surface area (Å²) in [5.41, 5.74) is 2.32. The van der Waals surface area contributed by atoms with Crippen LogP contribution in [0, 0.1) is 0 Å². The van der Waals surface area contributed by atoms with Crippen LogP contribution in [-0.4, -0.2) is 20.1 Å². The van der Waals surface area contributed by atoms with E-state index in [0.29, 0.717) is 10.7 Å². The molecule has 112 valence electrons. The lowest BCUT2D eigenvalue weighted by Crippen LogP contribution is -2.28. The van der Waals surface area contributed by atoms with Crippen molar-refractivity contribution in [2.75, 3.05) is 4.90 Å². The summed E-state index contributed by atoms with van der Waals surface area (Å²) in [6, 6.07) is 5.68. The number of benzene rings is 1. The molecule has 22 heavy (non-hydrogen) atoms. The molecule has 0 aliphatic rings. The van der Waals surface area contributed by atoms with Crippen LogP contribution < -0.4 is 4.90 Å². The third kappa shape index (κ3) is 2.75. The van der Waals surface area contributed by atoms with Gasteiger partial charge in [0, 0.05) is 29.7 Å². The van der Waals surface area contributed by atoms with Crippen LogP contribution in [0.2, 0.25) is 5.02 Å². The number of halogens is 1. The molecule has 2 aromatic heterocycles. The number of amides is 1. The average molecular weight is 333 g/mol. The van der Waals surface area contributed by atoms with E-state index in [4.69, 9.17) is 11.6 Å². The Labute approximate surface area is 136 Å². The molecule has 1 amide bonds. The second-order valence-electron chi connectivity index (χ2n) is 4.78. The van der Waals surface area contributed by atoms with Crippen molar-refractivity contribution < 1.29 is 4.79 Å². The summed E-state index contributed by atoms with van der Waals surface area (Å²) in [6.07, 6.45) is 2.99. The van der Waals surface area contributed by atoms with Gasteiger partial charge in [-0.25, -0.2) is 0 Å². The van der Waals surface area contributed by atoms with Gasteiger partial charge in [0.05, 0.1) is 17.1 Å². The molecule has 3 aromatic rings. The zero-order chi connectivity index (χ0) is 15.7. The van der Waals surface area contributed by atoms with Crippen LogP contribution >= 0.6 is 23.1 Å². The molecular weight excluding hydrogens is 320 g/mol. The summed E-state index contributed by atoms with van der Waals surface area (Å²) in [4.78, 5) is 13.8. The summed E-state index contributed by atoms with van der Waals surface area (Å²) < 4.78 is 5.89. The van der Waals surface area contributed by atoms with Crippen molar-refractivity contribution in [2.45, 2.75) is 6.54 Å². The minimum absolute atomic E-state index is 0.204. The highest BCUT2D eigenvalue weighted by molar-refractivity contribution is 7.04. The predicted molar refractivity (Wildman–Crippen MR) is 89.2 cm³/mol. The van der Waals surface area contributed by atoms with Crippen LogP contribution in [0.5, 0.6) is 0 Å². The molecule has 1 aromatic carbocycles. The summed E-state index contributed by atoms with van der Waals surface area (Å²) >= 11 is 7.53. The van der Waals surface area contributed by atoms with Gasteiger partial charge >= 0.3 is 0 Å². The highest BCUT2D eigenvalue weighted by Crippen LogP contribution is 2.25. The van der Waals surface area contributed by atoms with Gasteiger partial charge in [-0.05, 0) is 35.8 Å². The Bertz CT molecular complexity index is 854. The standard InChI is InChI=1S/C15H13ClN4OS/c1-3-15(21)20(8-14-12(16)7-19(2)17-14)11-4-5-13-10(6-11)9-22-18-13/h3-7,9H,1,8H2,2H3. The van der Waals surface area contributed by atoms with Crippen molar-refractivity contribution in [3.8, 4) is 0 Å². The molecular formula is C15H13ClN4OS. The Morgan fingerprint density at radius 2 is 2.36 bits per heavy atom. The van der Waals surface area contributed by atoms with E-state index in [-0.39, 0.29) is 12.5 Å². The van der Waals surface area contributed by atoms with Crippen molar-refractivity contribution >= 4 is 45.6 Å². The third-order valence-electron chi connectivity index (χ3n) is 3.26. The van der Waals surface area contributed by atoms with Crippen molar-refractivity contribution in [1.82, 2.24) is 14.2 Å². The maximum atomic E-state index is 12.2. The molecule has 0 aliphatic heterocycles. The summed E-state index contributed by atoms with van der Waals surface area (Å²) in [5.74, 6) is -0.204. The largest absolute Gasteiger partial charge is 0.303 e. The molecule has 0 fully saturated rings. The highest BCUT2D eigenvalue weighted by Gasteiger charge is 2.17. The Hall–Kier alpha value is -2.18.